The standard InChI is InChI=1S/C74H124N4O54/c1-16-35(91)46(102)52(108)68(113-16)131-62-50(106)39(95)23(8-80)119-72(62)126-57-33(77-20(5)89)66(116-26(11-83)41(57)97)129-60-48(104)37(93)22(7-79)118-71(60)112-15-30-43(99)59(54(110)70(123-30)125-56-29(14-86)122-65(32(45(56)101)76-19(4)88)124-55-28(13-85)115-64(111)31(44(55)100)75-18(3)87)128-74-61(49(105)38(94)25(10-82)121-74)130-67-34(78-21(6)90)58(42(98)27(12-84)117-67)127-73-63(51(107)40(96)24(9-81)120-73)132-69-53(109)47(103)36(92)17(2)114-69/h16-17,22-74,79-86,91-111H,7-15H2,1-6H3,(H,75,87)(H,76,88)(H,77,89)(H,78,90)/t16-,17-,22+,23+,24+,25+,26+,27+,28+,29+,30+,31+,32+,33+,34+,35+,36+,37+,38+,39-,40-,41+,42+,43+,44+,45+,46+,47+,48-,49-,50-,51-,52-,53-,54-,55+,56+,57+,58+,59-,60-,61-,62+,63+,64+,65-,66-,67-,68-,69-,70-,71-,72-,73-,74+/m0/s1. The van der Waals surface area contributed by atoms with E-state index in [4.69, 9.17) is 99.5 Å². The minimum Gasteiger partial charge on any atom is -0.394 e. The predicted octanol–water partition coefficient (Wildman–Crippen LogP) is -22.3. The molecule has 0 radical (unpaired) electrons. The lowest BCUT2D eigenvalue weighted by Gasteiger charge is -2.51. The summed E-state index contributed by atoms with van der Waals surface area (Å²) in [6.45, 7) is -4.39. The summed E-state index contributed by atoms with van der Waals surface area (Å²) in [4.78, 5) is 52.2. The molecule has 58 heteroatoms. The Kier molecular flexibility index (Phi) is 38.5. The van der Waals surface area contributed by atoms with E-state index in [1.54, 1.807) is 0 Å². The lowest BCUT2D eigenvalue weighted by molar-refractivity contribution is -0.401. The van der Waals surface area contributed by atoms with Gasteiger partial charge in [0.25, 0.3) is 0 Å². The maximum Gasteiger partial charge on any atom is 0.217 e. The van der Waals surface area contributed by atoms with Crippen LogP contribution in [0.15, 0.2) is 0 Å². The summed E-state index contributed by atoms with van der Waals surface area (Å²) in [6.07, 6.45) is -108. The predicted molar refractivity (Wildman–Crippen MR) is 406 cm³/mol. The first-order valence-electron chi connectivity index (χ1n) is 42.4. The fraction of sp³-hybridized carbons (Fsp3) is 0.946. The Hall–Kier alpha value is -4.12. The van der Waals surface area contributed by atoms with Gasteiger partial charge in [0.15, 0.2) is 69.2 Å². The van der Waals surface area contributed by atoms with Gasteiger partial charge in [0.05, 0.1) is 71.7 Å². The van der Waals surface area contributed by atoms with Crippen LogP contribution in [0.4, 0.5) is 0 Å². The van der Waals surface area contributed by atoms with Crippen molar-refractivity contribution in [2.75, 3.05) is 59.5 Å². The molecular formula is C74H124N4O54. The van der Waals surface area contributed by atoms with Crippen molar-refractivity contribution in [3.8, 4) is 0 Å². The van der Waals surface area contributed by atoms with Gasteiger partial charge in [-0.3, -0.25) is 19.2 Å². The van der Waals surface area contributed by atoms with Crippen molar-refractivity contribution < 1.29 is 267 Å². The smallest absolute Gasteiger partial charge is 0.217 e. The molecule has 11 heterocycles. The van der Waals surface area contributed by atoms with Crippen molar-refractivity contribution in [2.24, 2.45) is 0 Å². The van der Waals surface area contributed by atoms with Crippen LogP contribution in [0.2, 0.25) is 0 Å². The van der Waals surface area contributed by atoms with Gasteiger partial charge < -0.3 is 269 Å². The Labute approximate surface area is 748 Å². The molecule has 11 aliphatic heterocycles. The first-order chi connectivity index (χ1) is 62.4. The largest absolute Gasteiger partial charge is 0.394 e. The van der Waals surface area contributed by atoms with Gasteiger partial charge in [-0.05, 0) is 13.8 Å². The molecule has 0 spiro atoms. The lowest BCUT2D eigenvalue weighted by atomic mass is 9.93. The molecule has 55 atom stereocenters. The molecule has 0 aromatic carbocycles. The summed E-state index contributed by atoms with van der Waals surface area (Å²) in [6, 6.07) is -7.79. The summed E-state index contributed by atoms with van der Waals surface area (Å²) in [7, 11) is 0. The van der Waals surface area contributed by atoms with E-state index in [9.17, 15) is 167 Å². The number of hydrogen-bond acceptors (Lipinski definition) is 54. The second-order valence-electron chi connectivity index (χ2n) is 33.7. The summed E-state index contributed by atoms with van der Waals surface area (Å²) >= 11 is 0. The Bertz CT molecular complexity index is 3610. The number of hydrogen-bond donors (Lipinski definition) is 33. The van der Waals surface area contributed by atoms with Crippen molar-refractivity contribution in [1.29, 1.82) is 0 Å². The number of carbonyl (C=O) groups is 4. The minimum absolute atomic E-state index is 0.814. The first kappa shape index (κ1) is 108. The van der Waals surface area contributed by atoms with Gasteiger partial charge in [0.1, 0.15) is 256 Å². The van der Waals surface area contributed by atoms with Gasteiger partial charge in [-0.2, -0.15) is 0 Å². The van der Waals surface area contributed by atoms with Crippen molar-refractivity contribution in [2.45, 2.75) is 379 Å². The average molecular weight is 1930 g/mol. The fourth-order valence-electron chi connectivity index (χ4n) is 17.3. The van der Waals surface area contributed by atoms with Crippen LogP contribution < -0.4 is 21.3 Å². The Morgan fingerprint density at radius 1 is 0.212 bits per heavy atom. The lowest BCUT2D eigenvalue weighted by Crippen LogP contribution is -2.71. The van der Waals surface area contributed by atoms with Crippen LogP contribution in [0.1, 0.15) is 41.5 Å². The number of amides is 4. The second kappa shape index (κ2) is 47.0. The van der Waals surface area contributed by atoms with E-state index >= 15 is 0 Å². The molecule has 0 aliphatic carbocycles. The average Bonchev–Trinajstić information content (AvgIpc) is 0.764. The van der Waals surface area contributed by atoms with Crippen LogP contribution in [-0.2, 0) is 119 Å². The molecule has 0 unspecified atom stereocenters. The SMILES string of the molecule is CC(=O)N[C@@H]1[C@@H](O)[C@H](O[C@@H]2O[C@H](CO)[C@@H](O[C@@H]3O[C@H](CO[C@H]4O[C@H](CO)[C@@H](O)[C@H](O)[C@@H]4O[C@@H]4O[C@H](CO)[C@@H](O)[C@H](O[C@@H]5O[C@H](CO)[C@H](O)[C@H](O)[C@H]5O[C@@H]5O[C@@H](C)[C@@H](O)[C@@H](O)[C@@H]5O)[C@H]4NC(C)=O)[C@@H](O)[C@H](O[C@H]4O[C@H](CO)[C@@H](O)[C@H](O)[C@@H]4O[C@@H]4O[C@H](CO)[C@@H](O)[C@H](O[C@@H]5O[C@H](CO)[C@H](O)[C@H](O)[C@H]5O[C@@H]5O[C@@H](C)[C@@H](O)[C@@H](O)[C@@H]5O)[C@H]4NC(C)=O)[C@@H]3O)[C@H](O)[C@H]2NC(C)=O)[C@@H](CO)O[C@H]1O. The highest BCUT2D eigenvalue weighted by Gasteiger charge is 2.63. The van der Waals surface area contributed by atoms with E-state index in [-0.39, 0.29) is 0 Å². The summed E-state index contributed by atoms with van der Waals surface area (Å²) < 4.78 is 126. The molecule has 0 aromatic rings. The van der Waals surface area contributed by atoms with E-state index < -0.39 is 421 Å². The van der Waals surface area contributed by atoms with Crippen LogP contribution in [0.5, 0.6) is 0 Å². The zero-order valence-electron chi connectivity index (χ0n) is 71.3. The van der Waals surface area contributed by atoms with Gasteiger partial charge in [0, 0.05) is 27.7 Å². The van der Waals surface area contributed by atoms with Crippen molar-refractivity contribution in [3.05, 3.63) is 0 Å². The normalized spacial score (nSPS) is 50.4. The molecule has 33 N–H and O–H groups in total. The second-order valence-corrected chi connectivity index (χ2v) is 33.7. The van der Waals surface area contributed by atoms with E-state index in [0.29, 0.717) is 0 Å². The molecule has 11 aliphatic rings. The van der Waals surface area contributed by atoms with Crippen LogP contribution in [0, 0.1) is 0 Å². The van der Waals surface area contributed by atoms with Gasteiger partial charge in [0.2, 0.25) is 23.6 Å². The summed E-state index contributed by atoms with van der Waals surface area (Å²) in [5.74, 6) is -3.85. The van der Waals surface area contributed by atoms with Crippen LogP contribution >= 0.6 is 0 Å². The molecule has 0 aromatic heterocycles. The van der Waals surface area contributed by atoms with Crippen LogP contribution in [-0.4, -0.2) is 569 Å². The zero-order chi connectivity index (χ0) is 97.1. The molecule has 764 valence electrons. The molecule has 11 rings (SSSR count). The Morgan fingerprint density at radius 3 is 0.833 bits per heavy atom. The maximum absolute atomic E-state index is 13.4. The van der Waals surface area contributed by atoms with Crippen LogP contribution in [0.3, 0.4) is 0 Å². The third-order valence-electron chi connectivity index (χ3n) is 24.5. The van der Waals surface area contributed by atoms with Gasteiger partial charge in [-0.25, -0.2) is 0 Å². The minimum atomic E-state index is -2.67. The van der Waals surface area contributed by atoms with Crippen molar-refractivity contribution in [3.63, 3.8) is 0 Å². The van der Waals surface area contributed by atoms with E-state index in [1.165, 1.54) is 13.8 Å². The highest BCUT2D eigenvalue weighted by molar-refractivity contribution is 5.74. The maximum atomic E-state index is 13.4. The number of aliphatic hydroxyl groups excluding tert-OH is 29. The highest BCUT2D eigenvalue weighted by atomic mass is 16.8. The molecule has 58 nitrogen and oxygen atoms in total. The van der Waals surface area contributed by atoms with Crippen molar-refractivity contribution >= 4 is 23.6 Å². The number of aliphatic hydroxyl groups is 29. The molecule has 0 bridgehead atoms. The third kappa shape index (κ3) is 23.5. The molecule has 11 saturated heterocycles. The number of nitrogens with one attached hydrogen (secondary N) is 4. The first-order valence-corrected chi connectivity index (χ1v) is 42.4. The number of rotatable bonds is 33. The summed E-state index contributed by atoms with van der Waals surface area (Å²) in [5, 5.41) is 337. The highest BCUT2D eigenvalue weighted by Crippen LogP contribution is 2.42. The van der Waals surface area contributed by atoms with Crippen LogP contribution in [0.25, 0.3) is 0 Å². The summed E-state index contributed by atoms with van der Waals surface area (Å²) in [5.41, 5.74) is 0. The van der Waals surface area contributed by atoms with E-state index in [2.05, 4.69) is 21.3 Å². The monoisotopic (exact) mass is 1930 g/mol. The Balaban J connectivity index is 0.942. The number of ether oxygens (including phenoxy) is 21. The third-order valence-corrected chi connectivity index (χ3v) is 24.5. The van der Waals surface area contributed by atoms with Gasteiger partial charge in [-0.1, -0.05) is 0 Å². The molecular weight excluding hydrogens is 1810 g/mol. The fourth-order valence-corrected chi connectivity index (χ4v) is 17.3. The van der Waals surface area contributed by atoms with E-state index in [0.717, 1.165) is 27.7 Å². The van der Waals surface area contributed by atoms with Crippen molar-refractivity contribution in [1.82, 2.24) is 21.3 Å². The molecule has 132 heavy (non-hydrogen) atoms. The molecule has 0 saturated carbocycles. The molecule has 11 fully saturated rings. The molecule has 4 amide bonds. The quantitative estimate of drug-likeness (QED) is 0.0290. The van der Waals surface area contributed by atoms with E-state index in [1.807, 2.05) is 0 Å². The Morgan fingerprint density at radius 2 is 0.462 bits per heavy atom. The van der Waals surface area contributed by atoms with Gasteiger partial charge in [-0.15, -0.1) is 0 Å². The zero-order valence-corrected chi connectivity index (χ0v) is 71.3. The number of carbonyl (C=O) groups excluding carboxylic acids is 4. The topological polar surface area (TPSA) is 897 Å². The van der Waals surface area contributed by atoms with Gasteiger partial charge >= 0.3 is 0 Å².